The van der Waals surface area contributed by atoms with Gasteiger partial charge in [0.05, 0.1) is 26.0 Å². The number of methoxy groups -OCH3 is 1. The average Bonchev–Trinajstić information content (AvgIpc) is 2.27. The van der Waals surface area contributed by atoms with Gasteiger partial charge in [0.2, 0.25) is 11.9 Å². The molecule has 0 aliphatic heterocycles. The topological polar surface area (TPSA) is 76.1 Å². The molecule has 0 spiro atoms. The highest BCUT2D eigenvalue weighted by atomic mass is 16.5. The van der Waals surface area contributed by atoms with E-state index in [0.717, 1.165) is 0 Å². The maximum atomic E-state index is 11.1. The van der Waals surface area contributed by atoms with Crippen LogP contribution in [0.1, 0.15) is 6.92 Å². The number of anilines is 1. The summed E-state index contributed by atoms with van der Waals surface area (Å²) in [6, 6.07) is 0. The first-order valence-corrected chi connectivity index (χ1v) is 4.63. The number of nitrogens with one attached hydrogen (secondary N) is 2. The van der Waals surface area contributed by atoms with Gasteiger partial charge in [0.1, 0.15) is 0 Å². The summed E-state index contributed by atoms with van der Waals surface area (Å²) in [5, 5.41) is 5.45. The van der Waals surface area contributed by atoms with Crippen LogP contribution in [0.2, 0.25) is 0 Å². The molecule has 0 aliphatic rings. The molecule has 0 aromatic carbocycles. The van der Waals surface area contributed by atoms with Crippen LogP contribution in [0.3, 0.4) is 0 Å². The first-order valence-electron chi connectivity index (χ1n) is 4.63. The molecule has 0 bridgehead atoms. The van der Waals surface area contributed by atoms with Crippen molar-refractivity contribution in [3.8, 4) is 5.75 Å². The van der Waals surface area contributed by atoms with Crippen molar-refractivity contribution >= 4 is 11.9 Å². The van der Waals surface area contributed by atoms with Crippen LogP contribution >= 0.6 is 0 Å². The summed E-state index contributed by atoms with van der Waals surface area (Å²) < 4.78 is 4.90. The van der Waals surface area contributed by atoms with Gasteiger partial charge in [0.15, 0.2) is 5.75 Å². The summed E-state index contributed by atoms with van der Waals surface area (Å²) in [6.45, 7) is 2.64. The van der Waals surface area contributed by atoms with Gasteiger partial charge in [-0.15, -0.1) is 0 Å². The van der Waals surface area contributed by atoms with Gasteiger partial charge in [-0.3, -0.25) is 4.79 Å². The van der Waals surface area contributed by atoms with Crippen LogP contribution in [0.15, 0.2) is 12.4 Å². The minimum absolute atomic E-state index is 0.0862. The van der Waals surface area contributed by atoms with Gasteiger partial charge in [0.25, 0.3) is 0 Å². The molecule has 2 N–H and O–H groups in total. The molecule has 1 aromatic heterocycles. The largest absolute Gasteiger partial charge is 0.494 e. The zero-order chi connectivity index (χ0) is 11.1. The Morgan fingerprint density at radius 3 is 2.67 bits per heavy atom. The number of nitrogens with zero attached hydrogens (tertiary/aromatic N) is 2. The van der Waals surface area contributed by atoms with E-state index in [1.165, 1.54) is 12.4 Å². The molecule has 0 atom stereocenters. The number of aromatic nitrogens is 2. The molecule has 0 aliphatic carbocycles. The number of carbonyl (C=O) groups is 1. The van der Waals surface area contributed by atoms with E-state index in [1.807, 2.05) is 6.92 Å². The molecule has 1 heterocycles. The van der Waals surface area contributed by atoms with Crippen molar-refractivity contribution in [3.05, 3.63) is 12.4 Å². The Morgan fingerprint density at radius 2 is 2.13 bits per heavy atom. The summed E-state index contributed by atoms with van der Waals surface area (Å²) in [4.78, 5) is 19.0. The predicted molar refractivity (Wildman–Crippen MR) is 55.8 cm³/mol. The molecule has 0 radical (unpaired) electrons. The summed E-state index contributed by atoms with van der Waals surface area (Å²) in [5.41, 5.74) is 0. The van der Waals surface area contributed by atoms with Crippen molar-refractivity contribution in [2.75, 3.05) is 25.5 Å². The molecule has 1 aromatic rings. The van der Waals surface area contributed by atoms with Crippen LogP contribution in [-0.4, -0.2) is 36.1 Å². The van der Waals surface area contributed by atoms with Crippen LogP contribution in [0, 0.1) is 0 Å². The first-order chi connectivity index (χ1) is 7.26. The molecule has 0 saturated carbocycles. The molecule has 1 amide bonds. The molecule has 6 heteroatoms. The Hall–Kier alpha value is -1.85. The maximum Gasteiger partial charge on any atom is 0.239 e. The fraction of sp³-hybridized carbons (Fsp3) is 0.444. The average molecular weight is 210 g/mol. The second kappa shape index (κ2) is 5.79. The normalized spacial score (nSPS) is 9.47. The Labute approximate surface area is 88.1 Å². The SMILES string of the molecule is CCNC(=O)CNc1ncc(OC)cn1. The monoisotopic (exact) mass is 210 g/mol. The van der Waals surface area contributed by atoms with E-state index < -0.39 is 0 Å². The molecule has 0 fully saturated rings. The maximum absolute atomic E-state index is 11.1. The number of hydrogen-bond acceptors (Lipinski definition) is 5. The zero-order valence-corrected chi connectivity index (χ0v) is 8.78. The van der Waals surface area contributed by atoms with E-state index >= 15 is 0 Å². The fourth-order valence-corrected chi connectivity index (χ4v) is 0.932. The first kappa shape index (κ1) is 11.2. The fourth-order valence-electron chi connectivity index (χ4n) is 0.932. The second-order valence-electron chi connectivity index (χ2n) is 2.75. The lowest BCUT2D eigenvalue weighted by atomic mass is 10.5. The van der Waals surface area contributed by atoms with Gasteiger partial charge < -0.3 is 15.4 Å². The van der Waals surface area contributed by atoms with Gasteiger partial charge in [-0.1, -0.05) is 0 Å². The van der Waals surface area contributed by atoms with Crippen molar-refractivity contribution in [2.24, 2.45) is 0 Å². The smallest absolute Gasteiger partial charge is 0.239 e. The lowest BCUT2D eigenvalue weighted by molar-refractivity contribution is -0.119. The Morgan fingerprint density at radius 1 is 1.47 bits per heavy atom. The third kappa shape index (κ3) is 3.80. The highest BCUT2D eigenvalue weighted by Gasteiger charge is 2.00. The van der Waals surface area contributed by atoms with Gasteiger partial charge in [0, 0.05) is 6.54 Å². The van der Waals surface area contributed by atoms with Gasteiger partial charge >= 0.3 is 0 Å². The predicted octanol–water partition coefficient (Wildman–Crippen LogP) is 0.0332. The number of likely N-dealkylation sites (N-methyl/N-ethyl adjacent to an activating group) is 1. The van der Waals surface area contributed by atoms with Crippen molar-refractivity contribution in [1.29, 1.82) is 0 Å². The molecular formula is C9H14N4O2. The number of rotatable bonds is 5. The molecular weight excluding hydrogens is 196 g/mol. The Kier molecular flexibility index (Phi) is 4.33. The Bertz CT molecular complexity index is 312. The number of ether oxygens (including phenoxy) is 1. The van der Waals surface area contributed by atoms with Crippen molar-refractivity contribution in [3.63, 3.8) is 0 Å². The molecule has 1 rings (SSSR count). The Balaban J connectivity index is 2.40. The number of amides is 1. The highest BCUT2D eigenvalue weighted by Crippen LogP contribution is 2.06. The van der Waals surface area contributed by atoms with Crippen LogP contribution in [-0.2, 0) is 4.79 Å². The summed E-state index contributed by atoms with van der Waals surface area (Å²) in [7, 11) is 1.54. The van der Waals surface area contributed by atoms with Crippen molar-refractivity contribution in [2.45, 2.75) is 6.92 Å². The van der Waals surface area contributed by atoms with Crippen LogP contribution in [0.25, 0.3) is 0 Å². The number of hydrogen-bond donors (Lipinski definition) is 2. The van der Waals surface area contributed by atoms with E-state index in [4.69, 9.17) is 4.74 Å². The molecule has 82 valence electrons. The number of carbonyl (C=O) groups excluding carboxylic acids is 1. The third-order valence-corrected chi connectivity index (χ3v) is 1.64. The molecule has 6 nitrogen and oxygen atoms in total. The summed E-state index contributed by atoms with van der Waals surface area (Å²) in [5.74, 6) is 0.900. The molecule has 0 unspecified atom stereocenters. The zero-order valence-electron chi connectivity index (χ0n) is 8.78. The van der Waals surface area contributed by atoms with E-state index in [0.29, 0.717) is 18.2 Å². The van der Waals surface area contributed by atoms with E-state index in [1.54, 1.807) is 7.11 Å². The minimum atomic E-state index is -0.0862. The standard InChI is InChI=1S/C9H14N4O2/c1-3-10-8(14)6-13-9-11-4-7(15-2)5-12-9/h4-5H,3,6H2,1-2H3,(H,10,14)(H,11,12,13). The minimum Gasteiger partial charge on any atom is -0.494 e. The second-order valence-corrected chi connectivity index (χ2v) is 2.75. The van der Waals surface area contributed by atoms with E-state index in [2.05, 4.69) is 20.6 Å². The summed E-state index contributed by atoms with van der Waals surface area (Å²) >= 11 is 0. The van der Waals surface area contributed by atoms with Gasteiger partial charge in [-0.05, 0) is 6.92 Å². The summed E-state index contributed by atoms with van der Waals surface area (Å²) in [6.07, 6.45) is 3.07. The van der Waals surface area contributed by atoms with E-state index in [-0.39, 0.29) is 12.5 Å². The third-order valence-electron chi connectivity index (χ3n) is 1.64. The lowest BCUT2D eigenvalue weighted by Gasteiger charge is -2.04. The van der Waals surface area contributed by atoms with Crippen LogP contribution < -0.4 is 15.4 Å². The molecule has 0 saturated heterocycles. The quantitative estimate of drug-likeness (QED) is 0.717. The molecule has 15 heavy (non-hydrogen) atoms. The lowest BCUT2D eigenvalue weighted by Crippen LogP contribution is -2.29. The van der Waals surface area contributed by atoms with Crippen molar-refractivity contribution in [1.82, 2.24) is 15.3 Å². The van der Waals surface area contributed by atoms with Crippen LogP contribution in [0.5, 0.6) is 5.75 Å². The van der Waals surface area contributed by atoms with E-state index in [9.17, 15) is 4.79 Å². The van der Waals surface area contributed by atoms with Crippen molar-refractivity contribution < 1.29 is 9.53 Å². The van der Waals surface area contributed by atoms with Gasteiger partial charge in [-0.25, -0.2) is 9.97 Å². The van der Waals surface area contributed by atoms with Gasteiger partial charge in [-0.2, -0.15) is 0 Å². The van der Waals surface area contributed by atoms with Crippen LogP contribution in [0.4, 0.5) is 5.95 Å². The highest BCUT2D eigenvalue weighted by molar-refractivity contribution is 5.80.